The van der Waals surface area contributed by atoms with Gasteiger partial charge in [-0.15, -0.1) is 0 Å². The minimum absolute atomic E-state index is 0.136. The Bertz CT molecular complexity index is 189. The molecule has 1 amide bonds. The Labute approximate surface area is 85.4 Å². The lowest BCUT2D eigenvalue weighted by atomic mass is 9.93. The van der Waals surface area contributed by atoms with E-state index in [1.165, 1.54) is 0 Å². The normalized spacial score (nSPS) is 27.0. The Morgan fingerprint density at radius 2 is 2.43 bits per heavy atom. The van der Waals surface area contributed by atoms with Crippen LogP contribution in [0.5, 0.6) is 0 Å². The molecule has 2 N–H and O–H groups in total. The number of hydrogen-bond acceptors (Lipinski definition) is 3. The van der Waals surface area contributed by atoms with E-state index in [0.717, 1.165) is 32.4 Å². The van der Waals surface area contributed by atoms with Crippen LogP contribution in [0.1, 0.15) is 33.1 Å². The summed E-state index contributed by atoms with van der Waals surface area (Å²) in [5.41, 5.74) is -0.136. The van der Waals surface area contributed by atoms with Crippen LogP contribution in [0.3, 0.4) is 0 Å². The second-order valence-electron chi connectivity index (χ2n) is 4.10. The molecule has 0 aliphatic carbocycles. The molecule has 0 aromatic carbocycles. The van der Waals surface area contributed by atoms with Crippen LogP contribution in [0.25, 0.3) is 0 Å². The molecule has 0 aromatic heterocycles. The van der Waals surface area contributed by atoms with E-state index in [-0.39, 0.29) is 11.6 Å². The summed E-state index contributed by atoms with van der Waals surface area (Å²) in [6.45, 7) is 6.40. The lowest BCUT2D eigenvalue weighted by Gasteiger charge is -2.34. The maximum atomic E-state index is 11.3. The molecule has 14 heavy (non-hydrogen) atoms. The molecule has 1 unspecified atom stereocenters. The monoisotopic (exact) mass is 200 g/mol. The predicted molar refractivity (Wildman–Crippen MR) is 55.3 cm³/mol. The second-order valence-corrected chi connectivity index (χ2v) is 4.10. The average molecular weight is 200 g/mol. The zero-order chi connectivity index (χ0) is 10.4. The Hall–Kier alpha value is -0.770. The number of alkyl carbamates (subject to hydrolysis) is 1. The molecule has 1 saturated heterocycles. The summed E-state index contributed by atoms with van der Waals surface area (Å²) in [5, 5.41) is 6.17. The van der Waals surface area contributed by atoms with E-state index >= 15 is 0 Å². The molecule has 0 radical (unpaired) electrons. The van der Waals surface area contributed by atoms with Gasteiger partial charge in [-0.05, 0) is 32.7 Å². The van der Waals surface area contributed by atoms with Gasteiger partial charge in [-0.2, -0.15) is 0 Å². The molecule has 1 rings (SSSR count). The fourth-order valence-electron chi connectivity index (χ4n) is 1.64. The largest absolute Gasteiger partial charge is 0.450 e. The smallest absolute Gasteiger partial charge is 0.407 e. The number of ether oxygens (including phenoxy) is 1. The molecule has 0 spiro atoms. The van der Waals surface area contributed by atoms with Crippen molar-refractivity contribution in [1.82, 2.24) is 10.6 Å². The summed E-state index contributed by atoms with van der Waals surface area (Å²) in [6.07, 6.45) is 2.69. The van der Waals surface area contributed by atoms with E-state index in [1.807, 2.05) is 13.8 Å². The predicted octanol–water partition coefficient (Wildman–Crippen LogP) is 1.26. The molecule has 1 heterocycles. The van der Waals surface area contributed by atoms with Gasteiger partial charge in [0, 0.05) is 6.54 Å². The molecule has 4 heteroatoms. The van der Waals surface area contributed by atoms with Crippen LogP contribution in [0.2, 0.25) is 0 Å². The highest BCUT2D eigenvalue weighted by Crippen LogP contribution is 2.14. The van der Waals surface area contributed by atoms with Crippen molar-refractivity contribution in [2.24, 2.45) is 0 Å². The van der Waals surface area contributed by atoms with Gasteiger partial charge in [-0.1, -0.05) is 6.92 Å². The summed E-state index contributed by atoms with van der Waals surface area (Å²) in [6, 6.07) is 0. The van der Waals surface area contributed by atoms with Crippen molar-refractivity contribution in [1.29, 1.82) is 0 Å². The van der Waals surface area contributed by atoms with Crippen molar-refractivity contribution in [3.8, 4) is 0 Å². The Morgan fingerprint density at radius 1 is 1.64 bits per heavy atom. The number of carbonyl (C=O) groups is 1. The van der Waals surface area contributed by atoms with Gasteiger partial charge in [-0.25, -0.2) is 4.79 Å². The summed E-state index contributed by atoms with van der Waals surface area (Å²) in [4.78, 5) is 11.3. The quantitative estimate of drug-likeness (QED) is 0.721. The highest BCUT2D eigenvalue weighted by molar-refractivity contribution is 5.68. The minimum Gasteiger partial charge on any atom is -0.450 e. The Morgan fingerprint density at radius 3 is 3.00 bits per heavy atom. The van der Waals surface area contributed by atoms with Gasteiger partial charge >= 0.3 is 6.09 Å². The molecule has 1 aliphatic heterocycles. The van der Waals surface area contributed by atoms with Crippen molar-refractivity contribution in [3.63, 3.8) is 0 Å². The fraction of sp³-hybridized carbons (Fsp3) is 0.900. The third kappa shape index (κ3) is 3.54. The molecule has 0 aromatic rings. The fourth-order valence-corrected chi connectivity index (χ4v) is 1.64. The molecule has 4 nitrogen and oxygen atoms in total. The molecule has 0 saturated carbocycles. The van der Waals surface area contributed by atoms with Crippen molar-refractivity contribution in [3.05, 3.63) is 0 Å². The summed E-state index contributed by atoms with van der Waals surface area (Å²) in [5.74, 6) is 0. The van der Waals surface area contributed by atoms with Gasteiger partial charge < -0.3 is 15.4 Å². The Kier molecular flexibility index (Phi) is 4.20. The molecular formula is C10H20N2O2. The van der Waals surface area contributed by atoms with Crippen LogP contribution < -0.4 is 10.6 Å². The van der Waals surface area contributed by atoms with Gasteiger partial charge in [0.1, 0.15) is 0 Å². The zero-order valence-electron chi connectivity index (χ0n) is 9.06. The first-order valence-corrected chi connectivity index (χ1v) is 5.32. The van der Waals surface area contributed by atoms with Crippen molar-refractivity contribution >= 4 is 6.09 Å². The van der Waals surface area contributed by atoms with Crippen molar-refractivity contribution < 1.29 is 9.53 Å². The van der Waals surface area contributed by atoms with Crippen molar-refractivity contribution in [2.45, 2.75) is 38.6 Å². The highest BCUT2D eigenvalue weighted by Gasteiger charge is 2.28. The molecule has 82 valence electrons. The van der Waals surface area contributed by atoms with Gasteiger partial charge in [0.2, 0.25) is 0 Å². The van der Waals surface area contributed by atoms with Crippen LogP contribution in [0.4, 0.5) is 4.79 Å². The Balaban J connectivity index is 2.29. The van der Waals surface area contributed by atoms with Gasteiger partial charge in [0.15, 0.2) is 0 Å². The summed E-state index contributed by atoms with van der Waals surface area (Å²) in [7, 11) is 0. The number of carbonyl (C=O) groups excluding carboxylic acids is 1. The van der Waals surface area contributed by atoms with Crippen LogP contribution in [0, 0.1) is 0 Å². The van der Waals surface area contributed by atoms with E-state index in [4.69, 9.17) is 4.74 Å². The first-order valence-electron chi connectivity index (χ1n) is 5.32. The third-order valence-electron chi connectivity index (χ3n) is 2.44. The molecular weight excluding hydrogens is 180 g/mol. The number of nitrogens with one attached hydrogen (secondary N) is 2. The standard InChI is InChI=1S/C10H20N2O2/c1-3-7-14-9(13)12-10(2)5-4-6-11-8-10/h11H,3-8H2,1-2H3,(H,12,13). The van der Waals surface area contributed by atoms with Gasteiger partial charge in [0.05, 0.1) is 12.1 Å². The van der Waals surface area contributed by atoms with Crippen LogP contribution in [-0.2, 0) is 4.74 Å². The number of amides is 1. The van der Waals surface area contributed by atoms with E-state index in [9.17, 15) is 4.79 Å². The maximum absolute atomic E-state index is 11.3. The summed E-state index contributed by atoms with van der Waals surface area (Å²) >= 11 is 0. The van der Waals surface area contributed by atoms with Crippen LogP contribution >= 0.6 is 0 Å². The van der Waals surface area contributed by atoms with Gasteiger partial charge in [0.25, 0.3) is 0 Å². The maximum Gasteiger partial charge on any atom is 0.407 e. The number of rotatable bonds is 3. The molecule has 1 fully saturated rings. The van der Waals surface area contributed by atoms with E-state index in [2.05, 4.69) is 10.6 Å². The van der Waals surface area contributed by atoms with Crippen molar-refractivity contribution in [2.75, 3.05) is 19.7 Å². The zero-order valence-corrected chi connectivity index (χ0v) is 9.06. The molecule has 1 atom stereocenters. The molecule has 0 bridgehead atoms. The first kappa shape index (κ1) is 11.3. The topological polar surface area (TPSA) is 50.4 Å². The molecule has 1 aliphatic rings. The number of hydrogen-bond donors (Lipinski definition) is 2. The van der Waals surface area contributed by atoms with Gasteiger partial charge in [-0.3, -0.25) is 0 Å². The SMILES string of the molecule is CCCOC(=O)NC1(C)CCCNC1. The first-order chi connectivity index (χ1) is 6.66. The second kappa shape index (κ2) is 5.20. The van der Waals surface area contributed by atoms with E-state index < -0.39 is 0 Å². The highest BCUT2D eigenvalue weighted by atomic mass is 16.5. The van der Waals surface area contributed by atoms with Crippen LogP contribution in [-0.4, -0.2) is 31.3 Å². The minimum atomic E-state index is -0.293. The van der Waals surface area contributed by atoms with E-state index in [0.29, 0.717) is 6.61 Å². The third-order valence-corrected chi connectivity index (χ3v) is 2.44. The van der Waals surface area contributed by atoms with Crippen LogP contribution in [0.15, 0.2) is 0 Å². The number of piperidine rings is 1. The lowest BCUT2D eigenvalue weighted by Crippen LogP contribution is -2.55. The lowest BCUT2D eigenvalue weighted by molar-refractivity contribution is 0.129. The van der Waals surface area contributed by atoms with E-state index in [1.54, 1.807) is 0 Å². The summed E-state index contributed by atoms with van der Waals surface area (Å²) < 4.78 is 4.98. The average Bonchev–Trinajstić information content (AvgIpc) is 2.15.